The summed E-state index contributed by atoms with van der Waals surface area (Å²) in [5.74, 6) is 1.68. The minimum atomic E-state index is 0.118. The molecule has 0 aromatic rings. The number of rotatable bonds is 3. The van der Waals surface area contributed by atoms with Gasteiger partial charge in [0.25, 0.3) is 0 Å². The second kappa shape index (κ2) is 5.40. The molecule has 1 unspecified atom stereocenters. The Hall–Kier alpha value is -1.63. The topological polar surface area (TPSA) is 72.3 Å². The van der Waals surface area contributed by atoms with Gasteiger partial charge in [-0.15, -0.1) is 4.91 Å². The second-order valence-electron chi connectivity index (χ2n) is 5.84. The Morgan fingerprint density at radius 3 is 3.20 bits per heavy atom. The Kier molecular flexibility index (Phi) is 3.60. The van der Waals surface area contributed by atoms with Gasteiger partial charge < -0.3 is 10.2 Å². The van der Waals surface area contributed by atoms with Gasteiger partial charge in [0.05, 0.1) is 24.2 Å². The molecule has 20 heavy (non-hydrogen) atoms. The molecule has 0 bridgehead atoms. The highest BCUT2D eigenvalue weighted by atomic mass is 16.3. The number of aliphatic imine (C=N–C) groups is 1. The van der Waals surface area contributed by atoms with Crippen LogP contribution in [-0.4, -0.2) is 55.1 Å². The van der Waals surface area contributed by atoms with Gasteiger partial charge in [0.2, 0.25) is 0 Å². The Bertz CT molecular complexity index is 448. The molecule has 0 spiro atoms. The van der Waals surface area contributed by atoms with Crippen LogP contribution in [0.15, 0.2) is 21.7 Å². The van der Waals surface area contributed by atoms with Crippen molar-refractivity contribution in [2.45, 2.75) is 32.0 Å². The van der Waals surface area contributed by atoms with Crippen molar-refractivity contribution in [1.29, 1.82) is 0 Å². The number of hydrogen-bond acceptors (Lipinski definition) is 6. The van der Waals surface area contributed by atoms with Crippen LogP contribution >= 0.6 is 0 Å². The lowest BCUT2D eigenvalue weighted by atomic mass is 9.93. The van der Waals surface area contributed by atoms with Gasteiger partial charge >= 0.3 is 0 Å². The summed E-state index contributed by atoms with van der Waals surface area (Å²) in [6, 6.07) is 0.296. The second-order valence-corrected chi connectivity index (χ2v) is 5.84. The summed E-state index contributed by atoms with van der Waals surface area (Å²) >= 11 is 0. The fraction of sp³-hybridized carbons (Fsp3) is 0.769. The van der Waals surface area contributed by atoms with Crippen LogP contribution < -0.4 is 10.6 Å². The van der Waals surface area contributed by atoms with Gasteiger partial charge in [-0.1, -0.05) is 6.92 Å². The van der Waals surface area contributed by atoms with Crippen molar-refractivity contribution in [1.82, 2.24) is 20.5 Å². The van der Waals surface area contributed by atoms with E-state index in [9.17, 15) is 4.91 Å². The quantitative estimate of drug-likeness (QED) is 0.734. The Morgan fingerprint density at radius 2 is 2.40 bits per heavy atom. The maximum absolute atomic E-state index is 10.8. The molecule has 0 saturated carbocycles. The molecule has 7 heteroatoms. The molecule has 3 atom stereocenters. The average molecular weight is 278 g/mol. The summed E-state index contributed by atoms with van der Waals surface area (Å²) in [5, 5.41) is 11.4. The SMILES string of the molecule is C[C@H]1CCN(N=O)C[C@H]1N(C)C1=C2CCNC2N=CN1. The lowest BCUT2D eigenvalue weighted by Crippen LogP contribution is -2.51. The fourth-order valence-corrected chi connectivity index (χ4v) is 3.36. The number of nitrogens with one attached hydrogen (secondary N) is 2. The van der Waals surface area contributed by atoms with E-state index in [1.165, 1.54) is 5.57 Å². The van der Waals surface area contributed by atoms with Crippen molar-refractivity contribution in [3.63, 3.8) is 0 Å². The zero-order valence-corrected chi connectivity index (χ0v) is 12.0. The van der Waals surface area contributed by atoms with Gasteiger partial charge in [0, 0.05) is 25.7 Å². The van der Waals surface area contributed by atoms with Crippen molar-refractivity contribution in [3.8, 4) is 0 Å². The smallest absolute Gasteiger partial charge is 0.127 e. The van der Waals surface area contributed by atoms with Crippen molar-refractivity contribution in [2.24, 2.45) is 16.2 Å². The van der Waals surface area contributed by atoms with Crippen LogP contribution in [0.3, 0.4) is 0 Å². The Morgan fingerprint density at radius 1 is 1.55 bits per heavy atom. The van der Waals surface area contributed by atoms with Gasteiger partial charge in [-0.2, -0.15) is 0 Å². The number of likely N-dealkylation sites (N-methyl/N-ethyl adjacent to an activating group) is 1. The number of hydrogen-bond donors (Lipinski definition) is 2. The van der Waals surface area contributed by atoms with E-state index in [1.807, 2.05) is 0 Å². The van der Waals surface area contributed by atoms with Crippen LogP contribution in [0.25, 0.3) is 0 Å². The molecule has 110 valence electrons. The molecule has 0 aliphatic carbocycles. The van der Waals surface area contributed by atoms with Gasteiger partial charge in [-0.05, 0) is 18.8 Å². The van der Waals surface area contributed by atoms with E-state index in [0.717, 1.165) is 31.8 Å². The average Bonchev–Trinajstić information content (AvgIpc) is 2.95. The standard InChI is InChI=1S/C13H22N6O/c1-9-4-6-19(17-20)7-11(9)18(2)13-10-3-5-14-12(10)15-8-16-13/h8-9,11-12,14H,3-7H2,1-2H3,(H,15,16)/t9-,11+,12?/m0/s1. The summed E-state index contributed by atoms with van der Waals surface area (Å²) < 4.78 is 0. The van der Waals surface area contributed by atoms with E-state index in [1.54, 1.807) is 11.3 Å². The van der Waals surface area contributed by atoms with Crippen LogP contribution in [0.2, 0.25) is 0 Å². The number of piperidine rings is 1. The largest absolute Gasteiger partial charge is 0.356 e. The molecule has 3 heterocycles. The van der Waals surface area contributed by atoms with Gasteiger partial charge in [-0.25, -0.2) is 0 Å². The predicted octanol–water partition coefficient (Wildman–Crippen LogP) is 0.473. The van der Waals surface area contributed by atoms with Crippen LogP contribution in [0.5, 0.6) is 0 Å². The van der Waals surface area contributed by atoms with Crippen molar-refractivity contribution in [2.75, 3.05) is 26.7 Å². The van der Waals surface area contributed by atoms with E-state index < -0.39 is 0 Å². The normalized spacial score (nSPS) is 32.9. The van der Waals surface area contributed by atoms with Crippen molar-refractivity contribution >= 4 is 6.34 Å². The third-order valence-corrected chi connectivity index (χ3v) is 4.65. The molecular formula is C13H22N6O. The first-order chi connectivity index (χ1) is 9.70. The third-order valence-electron chi connectivity index (χ3n) is 4.65. The first kappa shape index (κ1) is 13.4. The van der Waals surface area contributed by atoms with E-state index in [-0.39, 0.29) is 6.17 Å². The highest BCUT2D eigenvalue weighted by Gasteiger charge is 2.34. The summed E-state index contributed by atoms with van der Waals surface area (Å²) in [5.41, 5.74) is 1.32. The molecule has 3 aliphatic heterocycles. The molecular weight excluding hydrogens is 256 g/mol. The molecule has 0 aromatic heterocycles. The summed E-state index contributed by atoms with van der Waals surface area (Å²) in [7, 11) is 2.10. The Labute approximate surface area is 119 Å². The summed E-state index contributed by atoms with van der Waals surface area (Å²) in [6.07, 6.45) is 3.90. The van der Waals surface area contributed by atoms with Gasteiger partial charge in [0.1, 0.15) is 12.0 Å². The molecule has 3 rings (SSSR count). The maximum Gasteiger partial charge on any atom is 0.127 e. The highest BCUT2D eigenvalue weighted by Crippen LogP contribution is 2.28. The monoisotopic (exact) mass is 278 g/mol. The van der Waals surface area contributed by atoms with E-state index in [4.69, 9.17) is 0 Å². The van der Waals surface area contributed by atoms with E-state index in [2.05, 4.69) is 39.8 Å². The minimum absolute atomic E-state index is 0.118. The zero-order valence-electron chi connectivity index (χ0n) is 12.0. The predicted molar refractivity (Wildman–Crippen MR) is 77.8 cm³/mol. The molecule has 3 aliphatic rings. The molecule has 0 radical (unpaired) electrons. The summed E-state index contributed by atoms with van der Waals surface area (Å²) in [4.78, 5) is 17.5. The lowest BCUT2D eigenvalue weighted by Gasteiger charge is -2.42. The fourth-order valence-electron chi connectivity index (χ4n) is 3.36. The van der Waals surface area contributed by atoms with Crippen LogP contribution in [0, 0.1) is 10.8 Å². The van der Waals surface area contributed by atoms with Crippen molar-refractivity contribution in [3.05, 3.63) is 16.3 Å². The first-order valence-corrected chi connectivity index (χ1v) is 7.26. The number of nitroso groups, excluding NO2 is 1. The van der Waals surface area contributed by atoms with Crippen molar-refractivity contribution < 1.29 is 0 Å². The van der Waals surface area contributed by atoms with Gasteiger partial charge in [-0.3, -0.25) is 15.3 Å². The van der Waals surface area contributed by atoms with Gasteiger partial charge in [0.15, 0.2) is 0 Å². The summed E-state index contributed by atoms with van der Waals surface area (Å²) in [6.45, 7) is 4.67. The lowest BCUT2D eigenvalue weighted by molar-refractivity contribution is 0.0916. The van der Waals surface area contributed by atoms with Crippen LogP contribution in [0.1, 0.15) is 19.8 Å². The van der Waals surface area contributed by atoms with E-state index in [0.29, 0.717) is 18.5 Å². The zero-order chi connectivity index (χ0) is 14.1. The third kappa shape index (κ3) is 2.26. The number of nitrogens with zero attached hydrogens (tertiary/aromatic N) is 4. The molecule has 2 N–H and O–H groups in total. The van der Waals surface area contributed by atoms with Crippen LogP contribution in [0.4, 0.5) is 0 Å². The molecule has 7 nitrogen and oxygen atoms in total. The minimum Gasteiger partial charge on any atom is -0.356 e. The van der Waals surface area contributed by atoms with E-state index >= 15 is 0 Å². The maximum atomic E-state index is 10.8. The first-order valence-electron chi connectivity index (χ1n) is 7.26. The number of fused-ring (bicyclic) bond motifs is 1. The molecule has 0 amide bonds. The van der Waals surface area contributed by atoms with Crippen LogP contribution in [-0.2, 0) is 0 Å². The highest BCUT2D eigenvalue weighted by molar-refractivity contribution is 5.61. The molecule has 0 aromatic carbocycles. The molecule has 2 saturated heterocycles. The molecule has 2 fully saturated rings. The Balaban J connectivity index is 1.80.